The Labute approximate surface area is 48.5 Å². The molecule has 1 radical (unpaired) electrons. The van der Waals surface area contributed by atoms with Crippen LogP contribution in [0, 0.1) is 6.08 Å². The van der Waals surface area contributed by atoms with E-state index in [0.29, 0.717) is 6.61 Å². The van der Waals surface area contributed by atoms with Crippen molar-refractivity contribution in [2.45, 2.75) is 6.92 Å². The van der Waals surface area contributed by atoms with Crippen molar-refractivity contribution in [2.24, 2.45) is 0 Å². The lowest BCUT2D eigenvalue weighted by molar-refractivity contribution is -0.138. The van der Waals surface area contributed by atoms with E-state index in [1.54, 1.807) is 6.92 Å². The topological polar surface area (TPSA) is 26.3 Å². The van der Waals surface area contributed by atoms with Gasteiger partial charge in [-0.1, -0.05) is 6.58 Å². The number of hydrogen-bond acceptors (Lipinski definition) is 2. The Morgan fingerprint density at radius 2 is 2.50 bits per heavy atom. The van der Waals surface area contributed by atoms with Gasteiger partial charge in [-0.3, -0.25) is 0 Å². The van der Waals surface area contributed by atoms with E-state index in [2.05, 4.69) is 23.1 Å². The highest BCUT2D eigenvalue weighted by Crippen LogP contribution is 1.74. The van der Waals surface area contributed by atoms with Crippen LogP contribution in [0.3, 0.4) is 0 Å². The maximum absolute atomic E-state index is 10.2. The van der Waals surface area contributed by atoms with E-state index >= 15 is 0 Å². The molecular formula is C6H7O2. The summed E-state index contributed by atoms with van der Waals surface area (Å²) in [6.07, 6.45) is 2.12. The first-order valence-electron chi connectivity index (χ1n) is 2.26. The van der Waals surface area contributed by atoms with Crippen molar-refractivity contribution < 1.29 is 9.53 Å². The summed E-state index contributed by atoms with van der Waals surface area (Å²) in [5, 5.41) is 0. The second-order valence-corrected chi connectivity index (χ2v) is 1.02. The van der Waals surface area contributed by atoms with Crippen molar-refractivity contribution in [1.29, 1.82) is 0 Å². The van der Waals surface area contributed by atoms with Gasteiger partial charge in [-0.15, -0.1) is 5.73 Å². The highest BCUT2D eigenvalue weighted by Gasteiger charge is 1.89. The first-order valence-corrected chi connectivity index (χ1v) is 2.26. The second kappa shape index (κ2) is 4.16. The fourth-order valence-corrected chi connectivity index (χ4v) is 0.239. The number of hydrogen-bond donors (Lipinski definition) is 0. The van der Waals surface area contributed by atoms with Crippen LogP contribution in [-0.4, -0.2) is 12.6 Å². The van der Waals surface area contributed by atoms with Crippen molar-refractivity contribution in [3.05, 3.63) is 18.4 Å². The van der Waals surface area contributed by atoms with Gasteiger partial charge in [-0.05, 0) is 6.92 Å². The van der Waals surface area contributed by atoms with E-state index < -0.39 is 5.97 Å². The summed E-state index contributed by atoms with van der Waals surface area (Å²) in [6.45, 7) is 5.24. The Kier molecular flexibility index (Phi) is 3.63. The molecule has 0 heterocycles. The van der Waals surface area contributed by atoms with Crippen molar-refractivity contribution in [3.8, 4) is 0 Å². The zero-order valence-electron chi connectivity index (χ0n) is 4.73. The van der Waals surface area contributed by atoms with Crippen LogP contribution >= 0.6 is 0 Å². The SMILES string of the molecule is C=C=[C]C(=O)OCC. The Bertz CT molecular complexity index is 120. The number of carbonyl (C=O) groups excluding carboxylic acids is 1. The number of esters is 1. The normalized spacial score (nSPS) is 7.12. The summed E-state index contributed by atoms with van der Waals surface area (Å²) < 4.78 is 4.43. The zero-order chi connectivity index (χ0) is 6.41. The highest BCUT2D eigenvalue weighted by atomic mass is 16.5. The summed E-state index contributed by atoms with van der Waals surface area (Å²) in [4.78, 5) is 10.2. The fraction of sp³-hybridized carbons (Fsp3) is 0.333. The third kappa shape index (κ3) is 3.19. The smallest absolute Gasteiger partial charge is 0.347 e. The van der Waals surface area contributed by atoms with E-state index in [1.807, 2.05) is 0 Å². The first kappa shape index (κ1) is 6.99. The molecule has 0 spiro atoms. The average Bonchev–Trinajstić information content (AvgIpc) is 1.68. The molecule has 0 fully saturated rings. The van der Waals surface area contributed by atoms with Crippen LogP contribution in [-0.2, 0) is 9.53 Å². The van der Waals surface area contributed by atoms with Crippen molar-refractivity contribution in [2.75, 3.05) is 6.61 Å². The van der Waals surface area contributed by atoms with E-state index in [9.17, 15) is 4.79 Å². The van der Waals surface area contributed by atoms with Gasteiger partial charge in [0.05, 0.1) is 6.61 Å². The predicted molar refractivity (Wildman–Crippen MR) is 29.0 cm³/mol. The Balaban J connectivity index is 3.49. The van der Waals surface area contributed by atoms with Crippen LogP contribution in [0.4, 0.5) is 0 Å². The molecule has 0 rings (SSSR count). The molecule has 0 aliphatic carbocycles. The third-order valence-electron chi connectivity index (χ3n) is 0.466. The zero-order valence-corrected chi connectivity index (χ0v) is 4.73. The summed E-state index contributed by atoms with van der Waals surface area (Å²) in [5.74, 6) is -0.512. The van der Waals surface area contributed by atoms with Gasteiger partial charge in [0.25, 0.3) is 0 Å². The monoisotopic (exact) mass is 111 g/mol. The van der Waals surface area contributed by atoms with Crippen LogP contribution in [0.5, 0.6) is 0 Å². The van der Waals surface area contributed by atoms with Crippen LogP contribution in [0.2, 0.25) is 0 Å². The molecule has 0 aliphatic rings. The standard InChI is InChI=1S/C6H7O2/c1-3-5-6(7)8-4-2/h1,4H2,2H3. The first-order chi connectivity index (χ1) is 3.81. The van der Waals surface area contributed by atoms with Gasteiger partial charge < -0.3 is 4.74 Å². The molecular weight excluding hydrogens is 104 g/mol. The summed E-state index contributed by atoms with van der Waals surface area (Å²) in [5.41, 5.74) is 2.18. The molecule has 2 nitrogen and oxygen atoms in total. The molecule has 0 unspecified atom stereocenters. The minimum absolute atomic E-state index is 0.369. The maximum atomic E-state index is 10.2. The van der Waals surface area contributed by atoms with E-state index in [4.69, 9.17) is 0 Å². The van der Waals surface area contributed by atoms with E-state index in [0.717, 1.165) is 0 Å². The lowest BCUT2D eigenvalue weighted by atomic mass is 10.6. The number of ether oxygens (including phenoxy) is 1. The van der Waals surface area contributed by atoms with Gasteiger partial charge >= 0.3 is 5.97 Å². The Hall–Kier alpha value is -1.01. The van der Waals surface area contributed by atoms with Crippen molar-refractivity contribution in [1.82, 2.24) is 0 Å². The lowest BCUT2D eigenvalue weighted by Crippen LogP contribution is -1.98. The van der Waals surface area contributed by atoms with Crippen LogP contribution in [0.1, 0.15) is 6.92 Å². The Morgan fingerprint density at radius 1 is 1.88 bits per heavy atom. The highest BCUT2D eigenvalue weighted by molar-refractivity contribution is 5.77. The van der Waals surface area contributed by atoms with Gasteiger partial charge in [-0.25, -0.2) is 4.79 Å². The summed E-state index contributed by atoms with van der Waals surface area (Å²) >= 11 is 0. The van der Waals surface area contributed by atoms with Crippen molar-refractivity contribution in [3.63, 3.8) is 0 Å². The average molecular weight is 111 g/mol. The predicted octanol–water partition coefficient (Wildman–Crippen LogP) is 0.694. The Morgan fingerprint density at radius 3 is 2.88 bits per heavy atom. The minimum atomic E-state index is -0.512. The van der Waals surface area contributed by atoms with Gasteiger partial charge in [0.1, 0.15) is 6.08 Å². The van der Waals surface area contributed by atoms with Crippen LogP contribution < -0.4 is 0 Å². The number of carbonyl (C=O) groups is 1. The molecule has 0 N–H and O–H groups in total. The lowest BCUT2D eigenvalue weighted by Gasteiger charge is -1.89. The van der Waals surface area contributed by atoms with Gasteiger partial charge in [0, 0.05) is 0 Å². The maximum Gasteiger partial charge on any atom is 0.347 e. The van der Waals surface area contributed by atoms with Crippen LogP contribution in [0.25, 0.3) is 0 Å². The molecule has 0 saturated heterocycles. The van der Waals surface area contributed by atoms with Crippen molar-refractivity contribution >= 4 is 5.97 Å². The molecule has 0 bridgehead atoms. The molecule has 0 atom stereocenters. The minimum Gasteiger partial charge on any atom is -0.462 e. The van der Waals surface area contributed by atoms with E-state index in [1.165, 1.54) is 0 Å². The fourth-order valence-electron chi connectivity index (χ4n) is 0.239. The molecule has 8 heavy (non-hydrogen) atoms. The van der Waals surface area contributed by atoms with Gasteiger partial charge in [-0.2, -0.15) is 0 Å². The van der Waals surface area contributed by atoms with Gasteiger partial charge in [0.2, 0.25) is 0 Å². The number of rotatable bonds is 2. The molecule has 43 valence electrons. The molecule has 2 heteroatoms. The molecule has 0 aromatic carbocycles. The van der Waals surface area contributed by atoms with Gasteiger partial charge in [0.15, 0.2) is 0 Å². The molecule has 0 aromatic rings. The molecule has 0 aliphatic heterocycles. The van der Waals surface area contributed by atoms with Crippen LogP contribution in [0.15, 0.2) is 12.3 Å². The second-order valence-electron chi connectivity index (χ2n) is 1.02. The summed E-state index contributed by atoms with van der Waals surface area (Å²) in [6, 6.07) is 0. The molecule has 0 saturated carbocycles. The third-order valence-corrected chi connectivity index (χ3v) is 0.466. The molecule has 0 aromatic heterocycles. The largest absolute Gasteiger partial charge is 0.462 e. The quantitative estimate of drug-likeness (QED) is 0.298. The summed E-state index contributed by atoms with van der Waals surface area (Å²) in [7, 11) is 0. The molecule has 0 amide bonds. The van der Waals surface area contributed by atoms with E-state index in [-0.39, 0.29) is 0 Å².